The molecule has 0 radical (unpaired) electrons. The van der Waals surface area contributed by atoms with E-state index >= 15 is 0 Å². The Morgan fingerprint density at radius 2 is 1.78 bits per heavy atom. The van der Waals surface area contributed by atoms with E-state index in [4.69, 9.17) is 10.5 Å². The summed E-state index contributed by atoms with van der Waals surface area (Å²) >= 11 is 1.29. The van der Waals surface area contributed by atoms with Crippen LogP contribution in [0.2, 0.25) is 0 Å². The minimum atomic E-state index is -0.248. The number of amides is 1. The highest BCUT2D eigenvalue weighted by molar-refractivity contribution is 7.21. The molecule has 1 amide bonds. The van der Waals surface area contributed by atoms with Gasteiger partial charge in [-0.1, -0.05) is 30.3 Å². The van der Waals surface area contributed by atoms with Crippen molar-refractivity contribution in [3.8, 4) is 17.0 Å². The monoisotopic (exact) mass is 375 g/mol. The molecule has 4 aromatic rings. The van der Waals surface area contributed by atoms with Crippen LogP contribution in [0.15, 0.2) is 66.7 Å². The van der Waals surface area contributed by atoms with Crippen LogP contribution in [-0.2, 0) is 0 Å². The molecule has 5 nitrogen and oxygen atoms in total. The largest absolute Gasteiger partial charge is 0.497 e. The second kappa shape index (κ2) is 7.09. The summed E-state index contributed by atoms with van der Waals surface area (Å²) in [5.74, 6) is 0.481. The molecule has 2 aromatic heterocycles. The summed E-state index contributed by atoms with van der Waals surface area (Å²) in [7, 11) is 1.60. The van der Waals surface area contributed by atoms with Gasteiger partial charge in [-0.05, 0) is 36.4 Å². The molecule has 0 fully saturated rings. The van der Waals surface area contributed by atoms with Crippen molar-refractivity contribution in [2.45, 2.75) is 0 Å². The number of fused-ring (bicyclic) bond motifs is 1. The van der Waals surface area contributed by atoms with Gasteiger partial charge in [0.25, 0.3) is 5.91 Å². The lowest BCUT2D eigenvalue weighted by atomic mass is 10.1. The zero-order chi connectivity index (χ0) is 18.8. The number of nitrogen functional groups attached to an aromatic ring is 1. The number of anilines is 2. The number of thiophene rings is 1. The molecule has 2 aromatic carbocycles. The van der Waals surface area contributed by atoms with Crippen LogP contribution in [0.3, 0.4) is 0 Å². The number of rotatable bonds is 4. The fourth-order valence-electron chi connectivity index (χ4n) is 2.80. The summed E-state index contributed by atoms with van der Waals surface area (Å²) in [5.41, 5.74) is 9.22. The Balaban J connectivity index is 1.65. The maximum Gasteiger partial charge on any atom is 0.267 e. The van der Waals surface area contributed by atoms with E-state index in [1.165, 1.54) is 11.3 Å². The Kier molecular flexibility index (Phi) is 4.48. The van der Waals surface area contributed by atoms with Gasteiger partial charge in [-0.15, -0.1) is 11.3 Å². The first-order valence-corrected chi connectivity index (χ1v) is 9.17. The van der Waals surface area contributed by atoms with Gasteiger partial charge in [0.15, 0.2) is 0 Å². The number of hydrogen-bond acceptors (Lipinski definition) is 5. The molecule has 6 heteroatoms. The van der Waals surface area contributed by atoms with Crippen molar-refractivity contribution in [2.24, 2.45) is 0 Å². The number of aromatic nitrogens is 1. The highest BCUT2D eigenvalue weighted by Gasteiger charge is 2.18. The van der Waals surface area contributed by atoms with E-state index in [0.29, 0.717) is 16.3 Å². The van der Waals surface area contributed by atoms with Gasteiger partial charge in [-0.3, -0.25) is 4.79 Å². The van der Waals surface area contributed by atoms with Crippen molar-refractivity contribution < 1.29 is 9.53 Å². The average Bonchev–Trinajstić information content (AvgIpc) is 3.05. The summed E-state index contributed by atoms with van der Waals surface area (Å²) < 4.78 is 5.13. The van der Waals surface area contributed by atoms with Gasteiger partial charge >= 0.3 is 0 Å². The SMILES string of the molecule is COc1ccc(NC(=O)c2sc3nc(-c4ccccc4)ccc3c2N)cc1. The molecule has 0 spiro atoms. The highest BCUT2D eigenvalue weighted by atomic mass is 32.1. The molecule has 134 valence electrons. The van der Waals surface area contributed by atoms with Gasteiger partial charge in [0.05, 0.1) is 18.5 Å². The first-order chi connectivity index (χ1) is 13.2. The molecule has 0 saturated heterocycles. The first-order valence-electron chi connectivity index (χ1n) is 8.35. The smallest absolute Gasteiger partial charge is 0.267 e. The number of methoxy groups -OCH3 is 1. The van der Waals surface area contributed by atoms with Gasteiger partial charge in [0, 0.05) is 16.6 Å². The van der Waals surface area contributed by atoms with Crippen molar-refractivity contribution in [1.29, 1.82) is 0 Å². The van der Waals surface area contributed by atoms with E-state index in [0.717, 1.165) is 27.2 Å². The lowest BCUT2D eigenvalue weighted by Gasteiger charge is -2.05. The van der Waals surface area contributed by atoms with Crippen LogP contribution in [0.25, 0.3) is 21.5 Å². The molecule has 0 saturated carbocycles. The molecule has 4 rings (SSSR count). The third-order valence-electron chi connectivity index (χ3n) is 4.22. The van der Waals surface area contributed by atoms with Gasteiger partial charge in [0.1, 0.15) is 15.5 Å². The molecule has 0 aliphatic carbocycles. The van der Waals surface area contributed by atoms with Crippen molar-refractivity contribution in [1.82, 2.24) is 4.98 Å². The van der Waals surface area contributed by atoms with Crippen LogP contribution in [-0.4, -0.2) is 18.0 Å². The summed E-state index contributed by atoms with van der Waals surface area (Å²) in [4.78, 5) is 18.6. The number of benzene rings is 2. The Morgan fingerprint density at radius 1 is 1.04 bits per heavy atom. The van der Waals surface area contributed by atoms with E-state index in [2.05, 4.69) is 10.3 Å². The number of hydrogen-bond donors (Lipinski definition) is 2. The van der Waals surface area contributed by atoms with E-state index in [1.54, 1.807) is 31.4 Å². The summed E-state index contributed by atoms with van der Waals surface area (Å²) in [6.45, 7) is 0. The zero-order valence-corrected chi connectivity index (χ0v) is 15.4. The third kappa shape index (κ3) is 3.35. The van der Waals surface area contributed by atoms with Crippen LogP contribution >= 0.6 is 11.3 Å². The van der Waals surface area contributed by atoms with E-state index in [9.17, 15) is 4.79 Å². The molecule has 0 atom stereocenters. The van der Waals surface area contributed by atoms with E-state index in [-0.39, 0.29) is 5.91 Å². The second-order valence-electron chi connectivity index (χ2n) is 5.94. The van der Waals surface area contributed by atoms with Gasteiger partial charge < -0.3 is 15.8 Å². The number of nitrogens with one attached hydrogen (secondary N) is 1. The fourth-order valence-corrected chi connectivity index (χ4v) is 3.79. The van der Waals surface area contributed by atoms with Crippen molar-refractivity contribution in [2.75, 3.05) is 18.2 Å². The number of carbonyl (C=O) groups excluding carboxylic acids is 1. The van der Waals surface area contributed by atoms with Gasteiger partial charge in [0.2, 0.25) is 0 Å². The Labute approximate surface area is 160 Å². The molecular weight excluding hydrogens is 358 g/mol. The number of pyridine rings is 1. The average molecular weight is 375 g/mol. The molecule has 2 heterocycles. The minimum absolute atomic E-state index is 0.248. The Morgan fingerprint density at radius 3 is 2.48 bits per heavy atom. The predicted molar refractivity (Wildman–Crippen MR) is 110 cm³/mol. The fraction of sp³-hybridized carbons (Fsp3) is 0.0476. The topological polar surface area (TPSA) is 77.2 Å². The van der Waals surface area contributed by atoms with E-state index < -0.39 is 0 Å². The summed E-state index contributed by atoms with van der Waals surface area (Å²) in [5, 5.41) is 3.66. The number of ether oxygens (including phenoxy) is 1. The van der Waals surface area contributed by atoms with Crippen LogP contribution in [0.1, 0.15) is 9.67 Å². The molecule has 27 heavy (non-hydrogen) atoms. The number of nitrogens with two attached hydrogens (primary N) is 1. The van der Waals surface area contributed by atoms with E-state index in [1.807, 2.05) is 42.5 Å². The number of nitrogens with zero attached hydrogens (tertiary/aromatic N) is 1. The standard InChI is InChI=1S/C21H17N3O2S/c1-26-15-9-7-14(8-10-15)23-20(25)19-18(22)16-11-12-17(24-21(16)27-19)13-5-3-2-4-6-13/h2-12H,22H2,1H3,(H,23,25). The summed E-state index contributed by atoms with van der Waals surface area (Å²) in [6, 6.07) is 20.9. The van der Waals surface area contributed by atoms with Crippen molar-refractivity contribution in [3.63, 3.8) is 0 Å². The summed E-state index contributed by atoms with van der Waals surface area (Å²) in [6.07, 6.45) is 0. The lowest BCUT2D eigenvalue weighted by Crippen LogP contribution is -2.11. The van der Waals surface area contributed by atoms with Crippen molar-refractivity contribution >= 4 is 38.8 Å². The first kappa shape index (κ1) is 17.1. The maximum atomic E-state index is 12.7. The quantitative estimate of drug-likeness (QED) is 0.537. The minimum Gasteiger partial charge on any atom is -0.497 e. The lowest BCUT2D eigenvalue weighted by molar-refractivity contribution is 0.103. The van der Waals surface area contributed by atoms with Crippen LogP contribution in [0.5, 0.6) is 5.75 Å². The molecule has 0 aliphatic heterocycles. The van der Waals surface area contributed by atoms with Crippen molar-refractivity contribution in [3.05, 3.63) is 71.6 Å². The van der Waals surface area contributed by atoms with Crippen LogP contribution in [0, 0.1) is 0 Å². The normalized spacial score (nSPS) is 10.7. The molecule has 0 bridgehead atoms. The Hall–Kier alpha value is -3.38. The third-order valence-corrected chi connectivity index (χ3v) is 5.33. The van der Waals surface area contributed by atoms with Crippen LogP contribution in [0.4, 0.5) is 11.4 Å². The molecule has 0 unspecified atom stereocenters. The number of carbonyl (C=O) groups is 1. The van der Waals surface area contributed by atoms with Gasteiger partial charge in [-0.2, -0.15) is 0 Å². The van der Waals surface area contributed by atoms with Crippen LogP contribution < -0.4 is 15.8 Å². The molecule has 3 N–H and O–H groups in total. The highest BCUT2D eigenvalue weighted by Crippen LogP contribution is 2.34. The van der Waals surface area contributed by atoms with Gasteiger partial charge in [-0.25, -0.2) is 4.98 Å². The zero-order valence-electron chi connectivity index (χ0n) is 14.6. The molecule has 0 aliphatic rings. The Bertz CT molecular complexity index is 1110. The predicted octanol–water partition coefficient (Wildman–Crippen LogP) is 4.81. The molecular formula is C21H17N3O2S. The second-order valence-corrected chi connectivity index (χ2v) is 6.94. The maximum absolute atomic E-state index is 12.7.